The minimum absolute atomic E-state index is 0.133. The van der Waals surface area contributed by atoms with Gasteiger partial charge in [0.1, 0.15) is 0 Å². The van der Waals surface area contributed by atoms with Crippen LogP contribution in [0.2, 0.25) is 0 Å². The molecule has 0 spiro atoms. The Labute approximate surface area is 144 Å². The number of amides is 1. The summed E-state index contributed by atoms with van der Waals surface area (Å²) in [6.45, 7) is 3.72. The first-order chi connectivity index (χ1) is 11.6. The van der Waals surface area contributed by atoms with Gasteiger partial charge in [-0.25, -0.2) is 4.98 Å². The van der Waals surface area contributed by atoms with Crippen LogP contribution in [0.3, 0.4) is 0 Å². The van der Waals surface area contributed by atoms with Crippen molar-refractivity contribution in [2.45, 2.75) is 20.3 Å². The van der Waals surface area contributed by atoms with Crippen molar-refractivity contribution < 1.29 is 9.21 Å². The number of aryl methyl sites for hydroxylation is 1. The van der Waals surface area contributed by atoms with E-state index < -0.39 is 0 Å². The lowest BCUT2D eigenvalue weighted by Gasteiger charge is -2.12. The molecule has 7 heteroatoms. The normalized spacial score (nSPS) is 10.6. The zero-order valence-electron chi connectivity index (χ0n) is 13.3. The van der Waals surface area contributed by atoms with E-state index in [1.54, 1.807) is 19.2 Å². The number of pyridine rings is 1. The number of rotatable bonds is 3. The molecule has 0 saturated heterocycles. The van der Waals surface area contributed by atoms with Crippen LogP contribution in [0.5, 0.6) is 0 Å². The number of hydrogen-bond donors (Lipinski definition) is 2. The Morgan fingerprint density at radius 2 is 2.17 bits per heavy atom. The number of oxazole rings is 1. The quantitative estimate of drug-likeness (QED) is 0.711. The lowest BCUT2D eigenvalue weighted by molar-refractivity contribution is -0.119. The summed E-state index contributed by atoms with van der Waals surface area (Å²) < 4.78 is 5.73. The summed E-state index contributed by atoms with van der Waals surface area (Å²) in [6, 6.07) is 9.35. The smallest absolute Gasteiger partial charge is 0.228 e. The molecule has 0 fully saturated rings. The zero-order chi connectivity index (χ0) is 17.1. The second-order valence-corrected chi connectivity index (χ2v) is 5.64. The van der Waals surface area contributed by atoms with Crippen molar-refractivity contribution >= 4 is 40.2 Å². The summed E-state index contributed by atoms with van der Waals surface area (Å²) in [6.07, 6.45) is 2.04. The zero-order valence-corrected chi connectivity index (χ0v) is 14.1. The van der Waals surface area contributed by atoms with Crippen molar-refractivity contribution in [2.24, 2.45) is 0 Å². The van der Waals surface area contributed by atoms with Crippen LogP contribution in [0.4, 0.5) is 5.69 Å². The van der Waals surface area contributed by atoms with E-state index in [1.807, 2.05) is 31.2 Å². The van der Waals surface area contributed by atoms with Crippen LogP contribution in [0.25, 0.3) is 22.7 Å². The average molecular weight is 340 g/mol. The lowest BCUT2D eigenvalue weighted by Crippen LogP contribution is -2.33. The SMILES string of the molecule is CCC(=O)NC(=S)Nc1cc(-c2nc3ncccc3o2)ccc1C. The highest BCUT2D eigenvalue weighted by Gasteiger charge is 2.11. The molecule has 24 heavy (non-hydrogen) atoms. The van der Waals surface area contributed by atoms with Crippen molar-refractivity contribution in [1.29, 1.82) is 0 Å². The van der Waals surface area contributed by atoms with Gasteiger partial charge in [-0.05, 0) is 49.0 Å². The second kappa shape index (κ2) is 6.76. The molecule has 1 aromatic carbocycles. The first-order valence-corrected chi connectivity index (χ1v) is 7.91. The molecule has 2 N–H and O–H groups in total. The lowest BCUT2D eigenvalue weighted by atomic mass is 10.1. The summed E-state index contributed by atoms with van der Waals surface area (Å²) >= 11 is 5.16. The van der Waals surface area contributed by atoms with Gasteiger partial charge in [-0.2, -0.15) is 4.98 Å². The van der Waals surface area contributed by atoms with Gasteiger partial charge in [-0.15, -0.1) is 0 Å². The van der Waals surface area contributed by atoms with E-state index in [0.717, 1.165) is 16.8 Å². The standard InChI is InChI=1S/C17H16N4O2S/c1-3-14(22)20-17(24)19-12-9-11(7-6-10(12)2)16-21-15-13(23-16)5-4-8-18-15/h4-9H,3H2,1-2H3,(H2,19,20,22,24). The van der Waals surface area contributed by atoms with E-state index in [-0.39, 0.29) is 11.0 Å². The molecular weight excluding hydrogens is 324 g/mol. The van der Waals surface area contributed by atoms with Crippen molar-refractivity contribution in [1.82, 2.24) is 15.3 Å². The van der Waals surface area contributed by atoms with E-state index in [0.29, 0.717) is 23.5 Å². The molecule has 0 bridgehead atoms. The minimum Gasteiger partial charge on any atom is -0.434 e. The third kappa shape index (κ3) is 3.41. The molecule has 2 heterocycles. The van der Waals surface area contributed by atoms with Crippen LogP contribution >= 0.6 is 12.2 Å². The van der Waals surface area contributed by atoms with E-state index in [2.05, 4.69) is 20.6 Å². The summed E-state index contributed by atoms with van der Waals surface area (Å²) in [5.41, 5.74) is 3.76. The van der Waals surface area contributed by atoms with E-state index in [4.69, 9.17) is 16.6 Å². The second-order valence-electron chi connectivity index (χ2n) is 5.23. The molecule has 0 aliphatic rings. The predicted molar refractivity (Wildman–Crippen MR) is 96.6 cm³/mol. The van der Waals surface area contributed by atoms with Gasteiger partial charge in [0, 0.05) is 23.9 Å². The molecule has 3 aromatic rings. The molecule has 122 valence electrons. The number of hydrogen-bond acceptors (Lipinski definition) is 5. The van der Waals surface area contributed by atoms with Crippen LogP contribution in [-0.4, -0.2) is 21.0 Å². The number of anilines is 1. The van der Waals surface area contributed by atoms with E-state index in [9.17, 15) is 4.79 Å². The molecule has 0 aliphatic carbocycles. The fourth-order valence-electron chi connectivity index (χ4n) is 2.15. The molecule has 1 amide bonds. The predicted octanol–water partition coefficient (Wildman–Crippen LogP) is 3.42. The Morgan fingerprint density at radius 3 is 2.92 bits per heavy atom. The van der Waals surface area contributed by atoms with Crippen LogP contribution in [0.1, 0.15) is 18.9 Å². The number of fused-ring (bicyclic) bond motifs is 1. The number of thiocarbonyl (C=S) groups is 1. The van der Waals surface area contributed by atoms with Gasteiger partial charge in [-0.1, -0.05) is 13.0 Å². The first-order valence-electron chi connectivity index (χ1n) is 7.50. The van der Waals surface area contributed by atoms with Crippen LogP contribution < -0.4 is 10.6 Å². The fourth-order valence-corrected chi connectivity index (χ4v) is 2.37. The van der Waals surface area contributed by atoms with Gasteiger partial charge in [0.15, 0.2) is 16.3 Å². The van der Waals surface area contributed by atoms with Crippen LogP contribution in [0.15, 0.2) is 40.9 Å². The Morgan fingerprint density at radius 1 is 1.33 bits per heavy atom. The summed E-state index contributed by atoms with van der Waals surface area (Å²) in [7, 11) is 0. The van der Waals surface area contributed by atoms with Crippen LogP contribution in [-0.2, 0) is 4.79 Å². The summed E-state index contributed by atoms with van der Waals surface area (Å²) in [4.78, 5) is 20.0. The molecule has 3 rings (SSSR count). The minimum atomic E-state index is -0.133. The number of carbonyl (C=O) groups is 1. The van der Waals surface area contributed by atoms with E-state index in [1.165, 1.54) is 0 Å². The monoisotopic (exact) mass is 340 g/mol. The number of carbonyl (C=O) groups excluding carboxylic acids is 1. The molecule has 0 unspecified atom stereocenters. The van der Waals surface area contributed by atoms with Gasteiger partial charge in [-0.3, -0.25) is 4.79 Å². The molecular formula is C17H16N4O2S. The van der Waals surface area contributed by atoms with Gasteiger partial charge in [0.2, 0.25) is 11.8 Å². The summed E-state index contributed by atoms with van der Waals surface area (Å²) in [5.74, 6) is 0.349. The Bertz CT molecular complexity index is 887. The Hall–Kier alpha value is -2.80. The van der Waals surface area contributed by atoms with Crippen molar-refractivity contribution in [2.75, 3.05) is 5.32 Å². The Balaban J connectivity index is 1.88. The first kappa shape index (κ1) is 16.1. The molecule has 0 aliphatic heterocycles. The maximum absolute atomic E-state index is 11.4. The third-order valence-electron chi connectivity index (χ3n) is 3.47. The maximum Gasteiger partial charge on any atom is 0.228 e. The maximum atomic E-state index is 11.4. The summed E-state index contributed by atoms with van der Waals surface area (Å²) in [5, 5.41) is 5.92. The Kier molecular flexibility index (Phi) is 4.52. The molecule has 6 nitrogen and oxygen atoms in total. The number of nitrogens with one attached hydrogen (secondary N) is 2. The van der Waals surface area contributed by atoms with Crippen LogP contribution in [0, 0.1) is 6.92 Å². The van der Waals surface area contributed by atoms with Gasteiger partial charge in [0.05, 0.1) is 0 Å². The van der Waals surface area contributed by atoms with Crippen molar-refractivity contribution in [3.05, 3.63) is 42.1 Å². The third-order valence-corrected chi connectivity index (χ3v) is 3.68. The molecule has 2 aromatic heterocycles. The largest absolute Gasteiger partial charge is 0.434 e. The van der Waals surface area contributed by atoms with Gasteiger partial charge >= 0.3 is 0 Å². The average Bonchev–Trinajstić information content (AvgIpc) is 3.00. The number of aromatic nitrogens is 2. The van der Waals surface area contributed by atoms with Crippen molar-refractivity contribution in [3.63, 3.8) is 0 Å². The highest BCUT2D eigenvalue weighted by atomic mass is 32.1. The number of benzene rings is 1. The van der Waals surface area contributed by atoms with E-state index >= 15 is 0 Å². The highest BCUT2D eigenvalue weighted by molar-refractivity contribution is 7.80. The van der Waals surface area contributed by atoms with Crippen molar-refractivity contribution in [3.8, 4) is 11.5 Å². The topological polar surface area (TPSA) is 80.0 Å². The molecule has 0 radical (unpaired) electrons. The molecule has 0 atom stereocenters. The fraction of sp³-hybridized carbons (Fsp3) is 0.176. The van der Waals surface area contributed by atoms with Gasteiger partial charge in [0.25, 0.3) is 0 Å². The van der Waals surface area contributed by atoms with Gasteiger partial charge < -0.3 is 15.1 Å². The highest BCUT2D eigenvalue weighted by Crippen LogP contribution is 2.27. The molecule has 0 saturated carbocycles. The number of nitrogens with zero attached hydrogens (tertiary/aromatic N) is 2.